The highest BCUT2D eigenvalue weighted by Crippen LogP contribution is 2.26. The number of rotatable bonds is 9. The number of nitrogens with one attached hydrogen (secondary N) is 1. The van der Waals surface area contributed by atoms with E-state index >= 15 is 0 Å². The molecule has 0 atom stereocenters. The summed E-state index contributed by atoms with van der Waals surface area (Å²) in [5, 5.41) is 3.25. The first-order valence-electron chi connectivity index (χ1n) is 10.5. The summed E-state index contributed by atoms with van der Waals surface area (Å²) in [4.78, 5) is 12.8. The number of carbonyl (C=O) groups excluding carboxylic acids is 1. The number of hydrogen-bond donors (Lipinski definition) is 1. The largest absolute Gasteiger partial charge is 0.497 e. The molecular formula is C25H27ClN2O4S. The highest BCUT2D eigenvalue weighted by atomic mass is 35.5. The number of anilines is 1. The minimum atomic E-state index is -3.98. The van der Waals surface area contributed by atoms with Crippen LogP contribution in [0.25, 0.3) is 0 Å². The maximum absolute atomic E-state index is 13.4. The number of carbonyl (C=O) groups is 1. The van der Waals surface area contributed by atoms with E-state index in [2.05, 4.69) is 5.32 Å². The number of benzene rings is 3. The minimum Gasteiger partial charge on any atom is -0.497 e. The molecule has 0 fully saturated rings. The molecule has 1 N–H and O–H groups in total. The Bertz CT molecular complexity index is 1210. The lowest BCUT2D eigenvalue weighted by Crippen LogP contribution is -2.41. The Labute approximate surface area is 200 Å². The third kappa shape index (κ3) is 6.27. The zero-order valence-corrected chi connectivity index (χ0v) is 20.4. The van der Waals surface area contributed by atoms with Gasteiger partial charge in [0, 0.05) is 11.6 Å². The zero-order valence-electron chi connectivity index (χ0n) is 18.8. The highest BCUT2D eigenvalue weighted by Gasteiger charge is 2.27. The lowest BCUT2D eigenvalue weighted by Gasteiger charge is -2.25. The van der Waals surface area contributed by atoms with E-state index in [0.717, 1.165) is 26.7 Å². The predicted molar refractivity (Wildman–Crippen MR) is 132 cm³/mol. The summed E-state index contributed by atoms with van der Waals surface area (Å²) in [6.45, 7) is 3.90. The maximum atomic E-state index is 13.4. The van der Waals surface area contributed by atoms with Gasteiger partial charge in [-0.2, -0.15) is 0 Å². The summed E-state index contributed by atoms with van der Waals surface area (Å²) < 4.78 is 33.1. The van der Waals surface area contributed by atoms with Gasteiger partial charge in [-0.15, -0.1) is 0 Å². The van der Waals surface area contributed by atoms with Crippen molar-refractivity contribution < 1.29 is 17.9 Å². The third-order valence-corrected chi connectivity index (χ3v) is 7.40. The van der Waals surface area contributed by atoms with Gasteiger partial charge in [0.2, 0.25) is 5.91 Å². The Balaban J connectivity index is 1.77. The standard InChI is InChI=1S/C25H27ClN2O4S/c1-18-4-9-22(16-19(18)2)28(33(30,31)24-12-7-21(26)8-13-24)17-25(29)27-15-14-20-5-10-23(32-3)11-6-20/h4-13,16H,14-15,17H2,1-3H3,(H,27,29). The maximum Gasteiger partial charge on any atom is 0.264 e. The monoisotopic (exact) mass is 486 g/mol. The molecule has 0 bridgehead atoms. The first kappa shape index (κ1) is 24.6. The van der Waals surface area contributed by atoms with Crippen LogP contribution in [0.5, 0.6) is 5.75 Å². The quantitative estimate of drug-likeness (QED) is 0.482. The van der Waals surface area contributed by atoms with Crippen LogP contribution in [0.1, 0.15) is 16.7 Å². The van der Waals surface area contributed by atoms with Crippen LogP contribution in [0.15, 0.2) is 71.6 Å². The SMILES string of the molecule is COc1ccc(CCNC(=O)CN(c2ccc(C)c(C)c2)S(=O)(=O)c2ccc(Cl)cc2)cc1. The number of methoxy groups -OCH3 is 1. The molecule has 0 spiro atoms. The number of aryl methyl sites for hydroxylation is 2. The molecule has 174 valence electrons. The van der Waals surface area contributed by atoms with Crippen LogP contribution in [0, 0.1) is 13.8 Å². The van der Waals surface area contributed by atoms with Crippen molar-refractivity contribution in [2.45, 2.75) is 25.2 Å². The van der Waals surface area contributed by atoms with E-state index in [-0.39, 0.29) is 17.3 Å². The fraction of sp³-hybridized carbons (Fsp3) is 0.240. The van der Waals surface area contributed by atoms with Crippen LogP contribution in [-0.4, -0.2) is 34.5 Å². The Morgan fingerprint density at radius 2 is 1.64 bits per heavy atom. The zero-order chi connectivity index (χ0) is 24.0. The van der Waals surface area contributed by atoms with Gasteiger partial charge >= 0.3 is 0 Å². The lowest BCUT2D eigenvalue weighted by molar-refractivity contribution is -0.119. The fourth-order valence-corrected chi connectivity index (χ4v) is 4.79. The van der Waals surface area contributed by atoms with Gasteiger partial charge in [0.05, 0.1) is 17.7 Å². The molecule has 0 unspecified atom stereocenters. The molecule has 3 aromatic rings. The normalized spacial score (nSPS) is 11.2. The molecule has 0 aromatic heterocycles. The molecule has 0 radical (unpaired) electrons. The topological polar surface area (TPSA) is 75.7 Å². The van der Waals surface area contributed by atoms with Crippen molar-refractivity contribution >= 4 is 33.2 Å². The Kier molecular flexibility index (Phi) is 8.00. The molecule has 0 aliphatic carbocycles. The van der Waals surface area contributed by atoms with E-state index < -0.39 is 10.0 Å². The van der Waals surface area contributed by atoms with E-state index in [4.69, 9.17) is 16.3 Å². The predicted octanol–water partition coefficient (Wildman–Crippen LogP) is 4.52. The van der Waals surface area contributed by atoms with Gasteiger partial charge in [-0.05, 0) is 85.5 Å². The molecule has 0 saturated carbocycles. The molecule has 0 saturated heterocycles. The number of hydrogen-bond acceptors (Lipinski definition) is 4. The average Bonchev–Trinajstić information content (AvgIpc) is 2.80. The Morgan fingerprint density at radius 1 is 0.970 bits per heavy atom. The van der Waals surface area contributed by atoms with Crippen LogP contribution in [0.4, 0.5) is 5.69 Å². The van der Waals surface area contributed by atoms with E-state index in [0.29, 0.717) is 23.7 Å². The summed E-state index contributed by atoms with van der Waals surface area (Å²) in [6, 6.07) is 18.8. The second-order valence-electron chi connectivity index (χ2n) is 7.68. The molecule has 33 heavy (non-hydrogen) atoms. The Morgan fingerprint density at radius 3 is 2.24 bits per heavy atom. The molecule has 0 heterocycles. The van der Waals surface area contributed by atoms with Crippen LogP contribution in [-0.2, 0) is 21.2 Å². The second kappa shape index (κ2) is 10.7. The molecule has 3 rings (SSSR count). The summed E-state index contributed by atoms with van der Waals surface area (Å²) in [5.41, 5.74) is 3.43. The Hall–Kier alpha value is -3.03. The molecule has 0 aliphatic rings. The average molecular weight is 487 g/mol. The molecule has 0 aliphatic heterocycles. The number of ether oxygens (including phenoxy) is 1. The van der Waals surface area contributed by atoms with Crippen molar-refractivity contribution in [3.05, 3.63) is 88.4 Å². The van der Waals surface area contributed by atoms with Crippen molar-refractivity contribution in [2.75, 3.05) is 24.5 Å². The molecule has 3 aromatic carbocycles. The third-order valence-electron chi connectivity index (χ3n) is 5.36. The minimum absolute atomic E-state index is 0.0659. The van der Waals surface area contributed by atoms with Gasteiger partial charge in [0.1, 0.15) is 12.3 Å². The van der Waals surface area contributed by atoms with Crippen LogP contribution >= 0.6 is 11.6 Å². The van der Waals surface area contributed by atoms with Gasteiger partial charge in [-0.3, -0.25) is 9.10 Å². The summed E-state index contributed by atoms with van der Waals surface area (Å²) in [7, 11) is -2.37. The number of halogens is 1. The van der Waals surface area contributed by atoms with Crippen molar-refractivity contribution in [3.63, 3.8) is 0 Å². The van der Waals surface area contributed by atoms with Gasteiger partial charge in [0.15, 0.2) is 0 Å². The van der Waals surface area contributed by atoms with Crippen molar-refractivity contribution in [2.24, 2.45) is 0 Å². The number of sulfonamides is 1. The van der Waals surface area contributed by atoms with Crippen LogP contribution < -0.4 is 14.4 Å². The molecule has 6 nitrogen and oxygen atoms in total. The van der Waals surface area contributed by atoms with Crippen LogP contribution in [0.3, 0.4) is 0 Å². The lowest BCUT2D eigenvalue weighted by atomic mass is 10.1. The van der Waals surface area contributed by atoms with Gasteiger partial charge in [-0.1, -0.05) is 29.8 Å². The first-order chi connectivity index (χ1) is 15.7. The van der Waals surface area contributed by atoms with E-state index in [1.807, 2.05) is 44.2 Å². The summed E-state index contributed by atoms with van der Waals surface area (Å²) >= 11 is 5.93. The van der Waals surface area contributed by atoms with Crippen molar-refractivity contribution in [1.82, 2.24) is 5.32 Å². The van der Waals surface area contributed by atoms with Crippen molar-refractivity contribution in [3.8, 4) is 5.75 Å². The van der Waals surface area contributed by atoms with Gasteiger partial charge < -0.3 is 10.1 Å². The summed E-state index contributed by atoms with van der Waals surface area (Å²) in [5.74, 6) is 0.374. The van der Waals surface area contributed by atoms with Crippen molar-refractivity contribution in [1.29, 1.82) is 0 Å². The van der Waals surface area contributed by atoms with Gasteiger partial charge in [0.25, 0.3) is 10.0 Å². The number of amides is 1. The second-order valence-corrected chi connectivity index (χ2v) is 9.98. The molecule has 8 heteroatoms. The molecule has 1 amide bonds. The van der Waals surface area contributed by atoms with Crippen LogP contribution in [0.2, 0.25) is 5.02 Å². The van der Waals surface area contributed by atoms with E-state index in [1.165, 1.54) is 24.3 Å². The fourth-order valence-electron chi connectivity index (χ4n) is 3.25. The van der Waals surface area contributed by atoms with E-state index in [1.54, 1.807) is 19.2 Å². The smallest absolute Gasteiger partial charge is 0.264 e. The van der Waals surface area contributed by atoms with E-state index in [9.17, 15) is 13.2 Å². The first-order valence-corrected chi connectivity index (χ1v) is 12.3. The molecular weight excluding hydrogens is 460 g/mol. The van der Waals surface area contributed by atoms with Gasteiger partial charge in [-0.25, -0.2) is 8.42 Å². The number of nitrogens with zero attached hydrogens (tertiary/aromatic N) is 1. The summed E-state index contributed by atoms with van der Waals surface area (Å²) in [6.07, 6.45) is 0.614. The highest BCUT2D eigenvalue weighted by molar-refractivity contribution is 7.92.